The highest BCUT2D eigenvalue weighted by atomic mass is 79.9. The second kappa shape index (κ2) is 4.75. The van der Waals surface area contributed by atoms with Crippen molar-refractivity contribution in [2.75, 3.05) is 11.1 Å². The first-order valence-electron chi connectivity index (χ1n) is 5.31. The topological polar surface area (TPSA) is 50.9 Å². The van der Waals surface area contributed by atoms with Gasteiger partial charge in [-0.15, -0.1) is 0 Å². The van der Waals surface area contributed by atoms with Crippen molar-refractivity contribution in [2.45, 2.75) is 13.8 Å². The fraction of sp³-hybridized carbons (Fsp3) is 0.154. The molecule has 1 heterocycles. The molecule has 0 aliphatic heterocycles. The van der Waals surface area contributed by atoms with Crippen molar-refractivity contribution in [2.24, 2.45) is 0 Å². The third kappa shape index (κ3) is 2.97. The normalized spacial score (nSPS) is 10.3. The van der Waals surface area contributed by atoms with E-state index < -0.39 is 0 Å². The van der Waals surface area contributed by atoms with Crippen molar-refractivity contribution in [3.8, 4) is 0 Å². The van der Waals surface area contributed by atoms with E-state index in [1.54, 1.807) is 6.20 Å². The molecule has 0 atom stereocenters. The summed E-state index contributed by atoms with van der Waals surface area (Å²) < 4.78 is 1.04. The highest BCUT2D eigenvalue weighted by Gasteiger charge is 2.01. The fourth-order valence-corrected chi connectivity index (χ4v) is 2.17. The van der Waals surface area contributed by atoms with Crippen LogP contribution in [0.25, 0.3) is 0 Å². The largest absolute Gasteiger partial charge is 0.398 e. The number of aryl methyl sites for hydroxylation is 2. The molecule has 0 saturated carbocycles. The average Bonchev–Trinajstić information content (AvgIpc) is 2.22. The van der Waals surface area contributed by atoms with E-state index in [0.717, 1.165) is 27.2 Å². The van der Waals surface area contributed by atoms with E-state index in [4.69, 9.17) is 5.73 Å². The van der Waals surface area contributed by atoms with Crippen LogP contribution in [0.1, 0.15) is 11.1 Å². The van der Waals surface area contributed by atoms with Gasteiger partial charge in [-0.1, -0.05) is 15.9 Å². The minimum absolute atomic E-state index is 0.745. The SMILES string of the molecule is Cc1cc(Br)cc(Nc2cc(N)c(C)cn2)c1. The molecule has 0 amide bonds. The maximum absolute atomic E-state index is 5.84. The van der Waals surface area contributed by atoms with E-state index in [1.165, 1.54) is 5.56 Å². The van der Waals surface area contributed by atoms with Gasteiger partial charge in [0.15, 0.2) is 0 Å². The van der Waals surface area contributed by atoms with Crippen molar-refractivity contribution < 1.29 is 0 Å². The Morgan fingerprint density at radius 3 is 2.59 bits per heavy atom. The number of hydrogen-bond donors (Lipinski definition) is 2. The third-order valence-electron chi connectivity index (χ3n) is 2.46. The van der Waals surface area contributed by atoms with E-state index in [-0.39, 0.29) is 0 Å². The molecule has 2 aromatic rings. The Kier molecular flexibility index (Phi) is 3.33. The number of pyridine rings is 1. The monoisotopic (exact) mass is 291 g/mol. The first-order valence-corrected chi connectivity index (χ1v) is 6.10. The summed E-state index contributed by atoms with van der Waals surface area (Å²) >= 11 is 3.47. The number of aromatic nitrogens is 1. The lowest BCUT2D eigenvalue weighted by molar-refractivity contribution is 1.26. The molecule has 0 spiro atoms. The molecule has 2 rings (SSSR count). The summed E-state index contributed by atoms with van der Waals surface area (Å²) in [5, 5.41) is 3.23. The number of hydrogen-bond acceptors (Lipinski definition) is 3. The van der Waals surface area contributed by atoms with Gasteiger partial charge in [0.1, 0.15) is 5.82 Å². The van der Waals surface area contributed by atoms with Gasteiger partial charge < -0.3 is 11.1 Å². The minimum Gasteiger partial charge on any atom is -0.398 e. The number of rotatable bonds is 2. The molecule has 3 nitrogen and oxygen atoms in total. The van der Waals surface area contributed by atoms with E-state index in [9.17, 15) is 0 Å². The predicted molar refractivity (Wildman–Crippen MR) is 75.5 cm³/mol. The van der Waals surface area contributed by atoms with Crippen LogP contribution in [0.15, 0.2) is 34.9 Å². The van der Waals surface area contributed by atoms with Gasteiger partial charge in [0.25, 0.3) is 0 Å². The van der Waals surface area contributed by atoms with Gasteiger partial charge in [-0.05, 0) is 43.2 Å². The van der Waals surface area contributed by atoms with Crippen molar-refractivity contribution in [3.05, 3.63) is 46.1 Å². The summed E-state index contributed by atoms with van der Waals surface area (Å²) in [5.74, 6) is 0.755. The number of nitrogen functional groups attached to an aromatic ring is 1. The van der Waals surface area contributed by atoms with Gasteiger partial charge in [-0.3, -0.25) is 0 Å². The average molecular weight is 292 g/mol. The number of benzene rings is 1. The van der Waals surface area contributed by atoms with Gasteiger partial charge in [0.05, 0.1) is 0 Å². The zero-order valence-corrected chi connectivity index (χ0v) is 11.4. The first kappa shape index (κ1) is 11.9. The van der Waals surface area contributed by atoms with Crippen LogP contribution in [0.3, 0.4) is 0 Å². The van der Waals surface area contributed by atoms with Gasteiger partial charge in [0, 0.05) is 28.1 Å². The quantitative estimate of drug-likeness (QED) is 0.885. The van der Waals surface area contributed by atoms with E-state index >= 15 is 0 Å². The Balaban J connectivity index is 2.28. The summed E-state index contributed by atoms with van der Waals surface area (Å²) in [6.07, 6.45) is 1.77. The molecule has 1 aromatic carbocycles. The molecule has 0 unspecified atom stereocenters. The van der Waals surface area contributed by atoms with Crippen LogP contribution in [0.2, 0.25) is 0 Å². The summed E-state index contributed by atoms with van der Waals surface area (Å²) in [4.78, 5) is 4.29. The molecular formula is C13H14BrN3. The first-order chi connectivity index (χ1) is 8.04. The maximum Gasteiger partial charge on any atom is 0.132 e. The minimum atomic E-state index is 0.745. The molecule has 1 aromatic heterocycles. The number of nitrogens with zero attached hydrogens (tertiary/aromatic N) is 1. The van der Waals surface area contributed by atoms with Crippen LogP contribution in [0.4, 0.5) is 17.2 Å². The zero-order chi connectivity index (χ0) is 12.4. The highest BCUT2D eigenvalue weighted by molar-refractivity contribution is 9.10. The molecule has 0 saturated heterocycles. The Morgan fingerprint density at radius 1 is 1.18 bits per heavy atom. The summed E-state index contributed by atoms with van der Waals surface area (Å²) in [6, 6.07) is 7.96. The molecule has 0 fully saturated rings. The van der Waals surface area contributed by atoms with Crippen LogP contribution in [0.5, 0.6) is 0 Å². The van der Waals surface area contributed by atoms with Gasteiger partial charge >= 0.3 is 0 Å². The second-order valence-electron chi connectivity index (χ2n) is 4.07. The van der Waals surface area contributed by atoms with Crippen molar-refractivity contribution in [3.63, 3.8) is 0 Å². The number of nitrogens with two attached hydrogens (primary N) is 1. The number of halogens is 1. The number of nitrogens with one attached hydrogen (secondary N) is 1. The summed E-state index contributed by atoms with van der Waals surface area (Å²) in [6.45, 7) is 3.99. The van der Waals surface area contributed by atoms with Crippen LogP contribution < -0.4 is 11.1 Å². The molecule has 4 heteroatoms. The standard InChI is InChI=1S/C13H14BrN3/c1-8-3-10(14)5-11(4-8)17-13-6-12(15)9(2)7-16-13/h3-7H,1-2H3,(H3,15,16,17). The van der Waals surface area contributed by atoms with Crippen molar-refractivity contribution >= 4 is 33.1 Å². The van der Waals surface area contributed by atoms with Crippen LogP contribution in [-0.4, -0.2) is 4.98 Å². The maximum atomic E-state index is 5.84. The Bertz CT molecular complexity index is 532. The third-order valence-corrected chi connectivity index (χ3v) is 2.92. The highest BCUT2D eigenvalue weighted by Crippen LogP contribution is 2.23. The predicted octanol–water partition coefficient (Wildman–Crippen LogP) is 3.79. The van der Waals surface area contributed by atoms with E-state index in [0.29, 0.717) is 0 Å². The van der Waals surface area contributed by atoms with Crippen LogP contribution in [0, 0.1) is 13.8 Å². The summed E-state index contributed by atoms with van der Waals surface area (Å²) in [7, 11) is 0. The smallest absolute Gasteiger partial charge is 0.132 e. The van der Waals surface area contributed by atoms with Crippen molar-refractivity contribution in [1.82, 2.24) is 4.98 Å². The van der Waals surface area contributed by atoms with Crippen molar-refractivity contribution in [1.29, 1.82) is 0 Å². The van der Waals surface area contributed by atoms with Gasteiger partial charge in [-0.2, -0.15) is 0 Å². The fourth-order valence-electron chi connectivity index (χ4n) is 1.56. The molecule has 0 radical (unpaired) electrons. The molecule has 0 bridgehead atoms. The van der Waals surface area contributed by atoms with Crippen LogP contribution in [-0.2, 0) is 0 Å². The molecule has 17 heavy (non-hydrogen) atoms. The molecule has 88 valence electrons. The molecular weight excluding hydrogens is 278 g/mol. The Morgan fingerprint density at radius 2 is 1.94 bits per heavy atom. The molecule has 0 aliphatic carbocycles. The molecule has 3 N–H and O–H groups in total. The molecule has 0 aliphatic rings. The lowest BCUT2D eigenvalue weighted by atomic mass is 10.2. The number of anilines is 3. The lowest BCUT2D eigenvalue weighted by Crippen LogP contribution is -1.97. The van der Waals surface area contributed by atoms with Gasteiger partial charge in [0.2, 0.25) is 0 Å². The van der Waals surface area contributed by atoms with Gasteiger partial charge in [-0.25, -0.2) is 4.98 Å². The zero-order valence-electron chi connectivity index (χ0n) is 9.79. The second-order valence-corrected chi connectivity index (χ2v) is 4.98. The Labute approximate surface area is 109 Å². The summed E-state index contributed by atoms with van der Waals surface area (Å²) in [5.41, 5.74) is 9.75. The Hall–Kier alpha value is -1.55. The lowest BCUT2D eigenvalue weighted by Gasteiger charge is -2.08. The van der Waals surface area contributed by atoms with Crippen LogP contribution >= 0.6 is 15.9 Å². The van der Waals surface area contributed by atoms with E-state index in [2.05, 4.69) is 38.4 Å². The van der Waals surface area contributed by atoms with E-state index in [1.807, 2.05) is 26.0 Å².